The highest BCUT2D eigenvalue weighted by Crippen LogP contribution is 2.33. The molecule has 4 heteroatoms. The largest absolute Gasteiger partial charge is 0.464 e. The number of benzene rings is 1. The third-order valence-corrected chi connectivity index (χ3v) is 3.79. The minimum Gasteiger partial charge on any atom is -0.464 e. The normalized spacial score (nSPS) is 15.6. The van der Waals surface area contributed by atoms with Gasteiger partial charge in [-0.15, -0.1) is 0 Å². The summed E-state index contributed by atoms with van der Waals surface area (Å²) in [5, 5.41) is 0. The van der Waals surface area contributed by atoms with Crippen LogP contribution in [0, 0.1) is 0 Å². The monoisotopic (exact) mass is 287 g/mol. The van der Waals surface area contributed by atoms with Crippen molar-refractivity contribution in [3.05, 3.63) is 41.5 Å². The van der Waals surface area contributed by atoms with Gasteiger partial charge in [0.1, 0.15) is 5.54 Å². The van der Waals surface area contributed by atoms with Crippen LogP contribution in [0.15, 0.2) is 35.9 Å². The smallest absolute Gasteiger partial charge is 0.331 e. The van der Waals surface area contributed by atoms with E-state index in [4.69, 9.17) is 4.74 Å². The lowest BCUT2D eigenvalue weighted by molar-refractivity contribution is -0.159. The number of hydrogen-bond acceptors (Lipinski definition) is 3. The number of carbonyl (C=O) groups is 2. The fourth-order valence-electron chi connectivity index (χ4n) is 2.55. The highest BCUT2D eigenvalue weighted by molar-refractivity contribution is 6.23. The minimum atomic E-state index is -0.967. The quantitative estimate of drug-likeness (QED) is 0.800. The van der Waals surface area contributed by atoms with Crippen LogP contribution < -0.4 is 0 Å². The average molecular weight is 287 g/mol. The van der Waals surface area contributed by atoms with Gasteiger partial charge in [0, 0.05) is 12.1 Å². The van der Waals surface area contributed by atoms with E-state index in [1.807, 2.05) is 37.3 Å². The fraction of sp³-hybridized carbons (Fsp3) is 0.412. The number of hydrogen-bond donors (Lipinski definition) is 0. The van der Waals surface area contributed by atoms with Gasteiger partial charge < -0.3 is 9.64 Å². The van der Waals surface area contributed by atoms with E-state index < -0.39 is 5.54 Å². The molecule has 2 rings (SSSR count). The van der Waals surface area contributed by atoms with Crippen LogP contribution in [0.3, 0.4) is 0 Å². The molecule has 0 radical (unpaired) electrons. The second-order valence-corrected chi connectivity index (χ2v) is 5.69. The molecular formula is C17H21NO3. The van der Waals surface area contributed by atoms with Crippen molar-refractivity contribution in [2.75, 3.05) is 13.2 Å². The molecule has 0 bridgehead atoms. The molecule has 1 aliphatic heterocycles. The van der Waals surface area contributed by atoms with Crippen molar-refractivity contribution in [1.82, 2.24) is 4.90 Å². The zero-order chi connectivity index (χ0) is 15.6. The van der Waals surface area contributed by atoms with E-state index in [2.05, 4.69) is 0 Å². The summed E-state index contributed by atoms with van der Waals surface area (Å²) in [6.07, 6.45) is 0. The van der Waals surface area contributed by atoms with Crippen molar-refractivity contribution in [3.8, 4) is 0 Å². The summed E-state index contributed by atoms with van der Waals surface area (Å²) in [4.78, 5) is 26.4. The zero-order valence-corrected chi connectivity index (χ0v) is 13.0. The lowest BCUT2D eigenvalue weighted by Crippen LogP contribution is -2.52. The first-order chi connectivity index (χ1) is 9.89. The summed E-state index contributed by atoms with van der Waals surface area (Å²) >= 11 is 0. The molecule has 0 aliphatic carbocycles. The number of ether oxygens (including phenoxy) is 1. The third kappa shape index (κ3) is 2.71. The summed E-state index contributed by atoms with van der Waals surface area (Å²) in [7, 11) is 0. The van der Waals surface area contributed by atoms with Crippen LogP contribution in [0.25, 0.3) is 5.57 Å². The Kier molecular flexibility index (Phi) is 4.16. The van der Waals surface area contributed by atoms with Crippen LogP contribution in [-0.2, 0) is 14.3 Å². The molecule has 21 heavy (non-hydrogen) atoms. The molecule has 1 amide bonds. The van der Waals surface area contributed by atoms with Crippen molar-refractivity contribution < 1.29 is 14.3 Å². The molecule has 1 aliphatic rings. The molecule has 4 nitrogen and oxygen atoms in total. The third-order valence-electron chi connectivity index (χ3n) is 3.79. The summed E-state index contributed by atoms with van der Waals surface area (Å²) in [5.41, 5.74) is 1.59. The van der Waals surface area contributed by atoms with E-state index >= 15 is 0 Å². The van der Waals surface area contributed by atoms with Gasteiger partial charge in [0.05, 0.1) is 6.61 Å². The Balaban J connectivity index is 2.30. The minimum absolute atomic E-state index is 0.114. The zero-order valence-electron chi connectivity index (χ0n) is 13.0. The Bertz CT molecular complexity index is 587. The molecule has 0 fully saturated rings. The SMILES string of the molecule is CCOC(=O)C(C)(C)N1CC(C)=C(c2ccccc2)C1=O. The maximum Gasteiger partial charge on any atom is 0.331 e. The molecule has 0 saturated heterocycles. The summed E-state index contributed by atoms with van der Waals surface area (Å²) in [6.45, 7) is 7.91. The molecule has 0 unspecified atom stereocenters. The van der Waals surface area contributed by atoms with Crippen molar-refractivity contribution in [2.45, 2.75) is 33.2 Å². The van der Waals surface area contributed by atoms with Crippen LogP contribution >= 0.6 is 0 Å². The predicted molar refractivity (Wildman–Crippen MR) is 81.5 cm³/mol. The molecule has 1 heterocycles. The molecule has 1 aromatic rings. The number of nitrogens with zero attached hydrogens (tertiary/aromatic N) is 1. The topological polar surface area (TPSA) is 46.6 Å². The lowest BCUT2D eigenvalue weighted by Gasteiger charge is -2.33. The van der Waals surface area contributed by atoms with E-state index in [9.17, 15) is 9.59 Å². The maximum absolute atomic E-state index is 12.7. The Labute approximate surface area is 125 Å². The molecular weight excluding hydrogens is 266 g/mol. The maximum atomic E-state index is 12.7. The fourth-order valence-corrected chi connectivity index (χ4v) is 2.55. The van der Waals surface area contributed by atoms with E-state index in [0.717, 1.165) is 11.1 Å². The number of rotatable bonds is 4. The number of carbonyl (C=O) groups excluding carboxylic acids is 2. The first-order valence-corrected chi connectivity index (χ1v) is 7.14. The van der Waals surface area contributed by atoms with Gasteiger partial charge in [-0.25, -0.2) is 4.79 Å². The lowest BCUT2D eigenvalue weighted by atomic mass is 10.0. The van der Waals surface area contributed by atoms with Gasteiger partial charge in [-0.2, -0.15) is 0 Å². The Hall–Kier alpha value is -2.10. The van der Waals surface area contributed by atoms with Crippen LogP contribution in [0.2, 0.25) is 0 Å². The van der Waals surface area contributed by atoms with Crippen LogP contribution in [0.1, 0.15) is 33.3 Å². The number of amides is 1. The Morgan fingerprint density at radius 3 is 2.48 bits per heavy atom. The standard InChI is InChI=1S/C17H21NO3/c1-5-21-16(20)17(3,4)18-11-12(2)14(15(18)19)13-9-7-6-8-10-13/h6-10H,5,11H2,1-4H3. The summed E-state index contributed by atoms with van der Waals surface area (Å²) < 4.78 is 5.09. The van der Waals surface area contributed by atoms with Crippen molar-refractivity contribution in [2.24, 2.45) is 0 Å². The number of esters is 1. The van der Waals surface area contributed by atoms with Crippen molar-refractivity contribution in [1.29, 1.82) is 0 Å². The van der Waals surface area contributed by atoms with E-state index in [-0.39, 0.29) is 11.9 Å². The highest BCUT2D eigenvalue weighted by atomic mass is 16.5. The van der Waals surface area contributed by atoms with Gasteiger partial charge in [-0.1, -0.05) is 30.3 Å². The Morgan fingerprint density at radius 1 is 1.29 bits per heavy atom. The van der Waals surface area contributed by atoms with Crippen LogP contribution in [0.4, 0.5) is 0 Å². The summed E-state index contributed by atoms with van der Waals surface area (Å²) in [5.74, 6) is -0.489. The van der Waals surface area contributed by atoms with Gasteiger partial charge in [0.2, 0.25) is 0 Å². The molecule has 0 spiro atoms. The van der Waals surface area contributed by atoms with E-state index in [1.54, 1.807) is 25.7 Å². The molecule has 1 aromatic carbocycles. The second-order valence-electron chi connectivity index (χ2n) is 5.69. The predicted octanol–water partition coefficient (Wildman–Crippen LogP) is 2.64. The van der Waals surface area contributed by atoms with E-state index in [0.29, 0.717) is 18.7 Å². The van der Waals surface area contributed by atoms with E-state index in [1.165, 1.54) is 0 Å². The molecule has 0 atom stereocenters. The molecule has 112 valence electrons. The molecule has 0 aromatic heterocycles. The molecule has 0 N–H and O–H groups in total. The van der Waals surface area contributed by atoms with Gasteiger partial charge in [-0.05, 0) is 38.8 Å². The highest BCUT2D eigenvalue weighted by Gasteiger charge is 2.43. The average Bonchev–Trinajstić information content (AvgIpc) is 2.76. The van der Waals surface area contributed by atoms with Gasteiger partial charge in [0.15, 0.2) is 0 Å². The van der Waals surface area contributed by atoms with Gasteiger partial charge in [0.25, 0.3) is 5.91 Å². The second kappa shape index (κ2) is 5.72. The van der Waals surface area contributed by atoms with Gasteiger partial charge in [-0.3, -0.25) is 4.79 Å². The Morgan fingerprint density at radius 2 is 1.90 bits per heavy atom. The first-order valence-electron chi connectivity index (χ1n) is 7.14. The van der Waals surface area contributed by atoms with Crippen LogP contribution in [-0.4, -0.2) is 35.5 Å². The van der Waals surface area contributed by atoms with Gasteiger partial charge >= 0.3 is 5.97 Å². The van der Waals surface area contributed by atoms with Crippen molar-refractivity contribution in [3.63, 3.8) is 0 Å². The first kappa shape index (κ1) is 15.3. The van der Waals surface area contributed by atoms with Crippen molar-refractivity contribution >= 4 is 17.4 Å². The van der Waals surface area contributed by atoms with Crippen LogP contribution in [0.5, 0.6) is 0 Å². The summed E-state index contributed by atoms with van der Waals surface area (Å²) in [6, 6.07) is 9.55. The molecule has 0 saturated carbocycles.